The van der Waals surface area contributed by atoms with Gasteiger partial charge >= 0.3 is 0 Å². The van der Waals surface area contributed by atoms with Crippen LogP contribution in [0.4, 0.5) is 0 Å². The summed E-state index contributed by atoms with van der Waals surface area (Å²) in [4.78, 5) is 0. The summed E-state index contributed by atoms with van der Waals surface area (Å²) in [6.07, 6.45) is 6.25. The van der Waals surface area contributed by atoms with Crippen molar-refractivity contribution < 1.29 is 4.43 Å². The van der Waals surface area contributed by atoms with Crippen LogP contribution in [0.1, 0.15) is 20.3 Å². The highest BCUT2D eigenvalue weighted by Gasteiger charge is 2.27. The molecule has 0 saturated carbocycles. The van der Waals surface area contributed by atoms with E-state index >= 15 is 0 Å². The van der Waals surface area contributed by atoms with Crippen molar-refractivity contribution in [3.05, 3.63) is 0 Å². The van der Waals surface area contributed by atoms with Crippen molar-refractivity contribution in [3.63, 3.8) is 0 Å². The molecule has 1 atom stereocenters. The average Bonchev–Trinajstić information content (AvgIpc) is 1.84. The molecule has 0 aromatic carbocycles. The Hall–Kier alpha value is -0.263. The standard InChI is InChI=1S/C9H18OSi/c1-7-9(3,8-2)10-11(4,5)6/h1H,8H2,2-6H3. The van der Waals surface area contributed by atoms with Gasteiger partial charge in [-0.1, -0.05) is 12.8 Å². The van der Waals surface area contributed by atoms with Crippen molar-refractivity contribution in [3.8, 4) is 12.3 Å². The Morgan fingerprint density at radius 1 is 1.45 bits per heavy atom. The molecule has 0 heterocycles. The number of terminal acetylenes is 1. The van der Waals surface area contributed by atoms with E-state index in [1.807, 2.05) is 6.92 Å². The van der Waals surface area contributed by atoms with Gasteiger partial charge in [0, 0.05) is 0 Å². The minimum absolute atomic E-state index is 0.343. The molecule has 0 aliphatic heterocycles. The van der Waals surface area contributed by atoms with Crippen LogP contribution in [0.5, 0.6) is 0 Å². The number of rotatable bonds is 3. The molecule has 0 fully saturated rings. The second kappa shape index (κ2) is 3.42. The SMILES string of the molecule is C#CC(C)(CC)O[Si](C)(C)C. The van der Waals surface area contributed by atoms with Gasteiger partial charge in [-0.05, 0) is 33.0 Å². The van der Waals surface area contributed by atoms with E-state index in [0.717, 1.165) is 6.42 Å². The van der Waals surface area contributed by atoms with Crippen LogP contribution in [0.15, 0.2) is 0 Å². The molecule has 2 heteroatoms. The largest absolute Gasteiger partial charge is 0.402 e. The Bertz CT molecular complexity index is 163. The van der Waals surface area contributed by atoms with E-state index in [-0.39, 0.29) is 5.60 Å². The lowest BCUT2D eigenvalue weighted by atomic mass is 10.1. The molecular weight excluding hydrogens is 152 g/mol. The molecule has 0 aliphatic carbocycles. The molecule has 0 amide bonds. The van der Waals surface area contributed by atoms with Crippen LogP contribution in [0.25, 0.3) is 0 Å². The van der Waals surface area contributed by atoms with Crippen LogP contribution in [-0.2, 0) is 4.43 Å². The van der Waals surface area contributed by atoms with Crippen LogP contribution in [0.3, 0.4) is 0 Å². The third-order valence-electron chi connectivity index (χ3n) is 1.51. The van der Waals surface area contributed by atoms with Crippen LogP contribution < -0.4 is 0 Å². The third kappa shape index (κ3) is 4.23. The molecule has 0 bridgehead atoms. The Labute approximate surface area is 71.3 Å². The number of hydrogen-bond acceptors (Lipinski definition) is 1. The van der Waals surface area contributed by atoms with Gasteiger partial charge in [-0.2, -0.15) is 0 Å². The fourth-order valence-corrected chi connectivity index (χ4v) is 2.43. The molecule has 64 valence electrons. The fraction of sp³-hybridized carbons (Fsp3) is 0.778. The molecule has 0 saturated heterocycles. The first-order valence-corrected chi connectivity index (χ1v) is 7.42. The van der Waals surface area contributed by atoms with Gasteiger partial charge in [0.15, 0.2) is 8.32 Å². The van der Waals surface area contributed by atoms with Crippen LogP contribution >= 0.6 is 0 Å². The van der Waals surface area contributed by atoms with E-state index < -0.39 is 8.32 Å². The Morgan fingerprint density at radius 2 is 1.91 bits per heavy atom. The van der Waals surface area contributed by atoms with Crippen molar-refractivity contribution >= 4 is 8.32 Å². The quantitative estimate of drug-likeness (QED) is 0.467. The Kier molecular flexibility index (Phi) is 3.34. The second-order valence-electron chi connectivity index (χ2n) is 3.94. The maximum atomic E-state index is 5.83. The normalized spacial score (nSPS) is 17.1. The zero-order valence-electron chi connectivity index (χ0n) is 8.19. The monoisotopic (exact) mass is 170 g/mol. The predicted octanol–water partition coefficient (Wildman–Crippen LogP) is 2.64. The van der Waals surface area contributed by atoms with Gasteiger partial charge < -0.3 is 4.43 Å². The summed E-state index contributed by atoms with van der Waals surface area (Å²) in [5.74, 6) is 2.70. The molecule has 0 radical (unpaired) electrons. The lowest BCUT2D eigenvalue weighted by molar-refractivity contribution is 0.138. The molecule has 11 heavy (non-hydrogen) atoms. The molecule has 1 nitrogen and oxygen atoms in total. The summed E-state index contributed by atoms with van der Waals surface area (Å²) in [6.45, 7) is 10.5. The van der Waals surface area contributed by atoms with Crippen molar-refractivity contribution in [2.24, 2.45) is 0 Å². The fourth-order valence-electron chi connectivity index (χ4n) is 0.879. The summed E-state index contributed by atoms with van der Waals surface area (Å²) < 4.78 is 5.83. The summed E-state index contributed by atoms with van der Waals surface area (Å²) in [5, 5.41) is 0. The first kappa shape index (κ1) is 10.7. The van der Waals surface area contributed by atoms with Crippen LogP contribution in [0.2, 0.25) is 19.6 Å². The maximum Gasteiger partial charge on any atom is 0.185 e. The first-order valence-electron chi connectivity index (χ1n) is 4.01. The number of hydrogen-bond donors (Lipinski definition) is 0. The zero-order chi connectivity index (χ0) is 9.12. The average molecular weight is 170 g/mol. The van der Waals surface area contributed by atoms with E-state index in [4.69, 9.17) is 10.8 Å². The van der Waals surface area contributed by atoms with Crippen molar-refractivity contribution in [2.45, 2.75) is 45.5 Å². The zero-order valence-corrected chi connectivity index (χ0v) is 9.19. The predicted molar refractivity (Wildman–Crippen MR) is 52.0 cm³/mol. The van der Waals surface area contributed by atoms with Gasteiger partial charge in [0.1, 0.15) is 5.60 Å². The topological polar surface area (TPSA) is 9.23 Å². The molecule has 0 aliphatic rings. The van der Waals surface area contributed by atoms with Gasteiger partial charge in [-0.25, -0.2) is 0 Å². The lowest BCUT2D eigenvalue weighted by Crippen LogP contribution is -2.38. The van der Waals surface area contributed by atoms with Gasteiger partial charge in [-0.3, -0.25) is 0 Å². The highest BCUT2D eigenvalue weighted by atomic mass is 28.4. The van der Waals surface area contributed by atoms with Crippen molar-refractivity contribution in [1.29, 1.82) is 0 Å². The molecule has 0 spiro atoms. The van der Waals surface area contributed by atoms with Crippen molar-refractivity contribution in [1.82, 2.24) is 0 Å². The summed E-state index contributed by atoms with van der Waals surface area (Å²) in [5.41, 5.74) is -0.343. The smallest absolute Gasteiger partial charge is 0.185 e. The second-order valence-corrected chi connectivity index (χ2v) is 8.37. The molecule has 1 unspecified atom stereocenters. The van der Waals surface area contributed by atoms with Gasteiger partial charge in [-0.15, -0.1) is 6.42 Å². The van der Waals surface area contributed by atoms with Crippen LogP contribution in [0, 0.1) is 12.3 Å². The highest BCUT2D eigenvalue weighted by Crippen LogP contribution is 2.19. The highest BCUT2D eigenvalue weighted by molar-refractivity contribution is 6.69. The van der Waals surface area contributed by atoms with Crippen LogP contribution in [-0.4, -0.2) is 13.9 Å². The summed E-state index contributed by atoms with van der Waals surface area (Å²) in [7, 11) is -1.48. The van der Waals surface area contributed by atoms with Crippen molar-refractivity contribution in [2.75, 3.05) is 0 Å². The van der Waals surface area contributed by atoms with E-state index in [1.54, 1.807) is 0 Å². The van der Waals surface area contributed by atoms with Gasteiger partial charge in [0.05, 0.1) is 0 Å². The first-order chi connectivity index (χ1) is 4.83. The molecule has 0 N–H and O–H groups in total. The molecule has 0 aromatic rings. The van der Waals surface area contributed by atoms with Gasteiger partial charge in [0.25, 0.3) is 0 Å². The van der Waals surface area contributed by atoms with E-state index in [1.165, 1.54) is 0 Å². The van der Waals surface area contributed by atoms with E-state index in [0.29, 0.717) is 0 Å². The summed E-state index contributed by atoms with van der Waals surface area (Å²) in [6, 6.07) is 0. The van der Waals surface area contributed by atoms with E-state index in [2.05, 4.69) is 32.5 Å². The lowest BCUT2D eigenvalue weighted by Gasteiger charge is -2.30. The molecular formula is C9H18OSi. The molecule has 0 rings (SSSR count). The van der Waals surface area contributed by atoms with E-state index in [9.17, 15) is 0 Å². The van der Waals surface area contributed by atoms with Gasteiger partial charge in [0.2, 0.25) is 0 Å². The third-order valence-corrected chi connectivity index (χ3v) is 2.57. The maximum absolute atomic E-state index is 5.83. The Morgan fingerprint density at radius 3 is 2.00 bits per heavy atom. The minimum Gasteiger partial charge on any atom is -0.402 e. The Balaban J connectivity index is 4.23. The summed E-state index contributed by atoms with van der Waals surface area (Å²) >= 11 is 0. The minimum atomic E-state index is -1.48. The molecule has 0 aromatic heterocycles.